The molecule has 1 N–H and O–H groups in total. The molecule has 0 fully saturated rings. The van der Waals surface area contributed by atoms with Crippen LogP contribution in [0.1, 0.15) is 17.5 Å². The van der Waals surface area contributed by atoms with Crippen LogP contribution in [0.25, 0.3) is 0 Å². The second-order valence-corrected chi connectivity index (χ2v) is 5.98. The lowest BCUT2D eigenvalue weighted by molar-refractivity contribution is -0.120. The van der Waals surface area contributed by atoms with Crippen LogP contribution < -0.4 is 5.32 Å². The zero-order chi connectivity index (χ0) is 14.8. The molecule has 0 aromatic heterocycles. The average molecular weight is 299 g/mol. The molecule has 1 amide bonds. The Balaban J connectivity index is 1.53. The standard InChI is InChI=1S/C18H21NOS/c20-18(12-11-16-7-3-1-4-8-16)19-13-14-21-15-17-9-5-2-6-10-17/h1-10H,11-15H2,(H,19,20). The van der Waals surface area contributed by atoms with Gasteiger partial charge in [0.15, 0.2) is 0 Å². The van der Waals surface area contributed by atoms with Crippen LogP contribution in [-0.4, -0.2) is 18.2 Å². The lowest BCUT2D eigenvalue weighted by Gasteiger charge is -2.05. The number of carbonyl (C=O) groups is 1. The van der Waals surface area contributed by atoms with Crippen molar-refractivity contribution in [3.8, 4) is 0 Å². The van der Waals surface area contributed by atoms with Crippen molar-refractivity contribution in [2.75, 3.05) is 12.3 Å². The lowest BCUT2D eigenvalue weighted by Crippen LogP contribution is -2.25. The minimum atomic E-state index is 0.138. The van der Waals surface area contributed by atoms with Gasteiger partial charge in [-0.3, -0.25) is 4.79 Å². The monoisotopic (exact) mass is 299 g/mol. The molecule has 0 aliphatic carbocycles. The second-order valence-electron chi connectivity index (χ2n) is 4.87. The first-order valence-electron chi connectivity index (χ1n) is 7.27. The first-order valence-corrected chi connectivity index (χ1v) is 8.42. The summed E-state index contributed by atoms with van der Waals surface area (Å²) in [5.41, 5.74) is 2.55. The first-order chi connectivity index (χ1) is 10.3. The minimum Gasteiger partial charge on any atom is -0.355 e. The number of carbonyl (C=O) groups excluding carboxylic acids is 1. The highest BCUT2D eigenvalue weighted by Crippen LogP contribution is 2.10. The van der Waals surface area contributed by atoms with Gasteiger partial charge in [-0.25, -0.2) is 0 Å². The molecule has 0 saturated heterocycles. The summed E-state index contributed by atoms with van der Waals surface area (Å²) in [6.45, 7) is 0.741. The Hall–Kier alpha value is -1.74. The number of nitrogens with one attached hydrogen (secondary N) is 1. The molecule has 0 aliphatic heterocycles. The van der Waals surface area contributed by atoms with Crippen LogP contribution in [0.5, 0.6) is 0 Å². The summed E-state index contributed by atoms with van der Waals surface area (Å²) in [7, 11) is 0. The van der Waals surface area contributed by atoms with Crippen molar-refractivity contribution in [3.63, 3.8) is 0 Å². The number of benzene rings is 2. The van der Waals surface area contributed by atoms with Crippen molar-refractivity contribution in [3.05, 3.63) is 71.8 Å². The third kappa shape index (κ3) is 6.50. The molecule has 21 heavy (non-hydrogen) atoms. The van der Waals surface area contributed by atoms with E-state index in [0.29, 0.717) is 6.42 Å². The molecule has 0 bridgehead atoms. The largest absolute Gasteiger partial charge is 0.355 e. The van der Waals surface area contributed by atoms with E-state index in [4.69, 9.17) is 0 Å². The Morgan fingerprint density at radius 1 is 0.905 bits per heavy atom. The van der Waals surface area contributed by atoms with Gasteiger partial charge in [0.05, 0.1) is 0 Å². The Bertz CT molecular complexity index is 527. The molecule has 2 aromatic carbocycles. The molecular weight excluding hydrogens is 278 g/mol. The third-order valence-electron chi connectivity index (χ3n) is 3.16. The highest BCUT2D eigenvalue weighted by atomic mass is 32.2. The van der Waals surface area contributed by atoms with Crippen molar-refractivity contribution < 1.29 is 4.79 Å². The van der Waals surface area contributed by atoms with Crippen LogP contribution in [0.15, 0.2) is 60.7 Å². The molecule has 0 spiro atoms. The summed E-state index contributed by atoms with van der Waals surface area (Å²) in [5.74, 6) is 2.09. The molecule has 0 radical (unpaired) electrons. The molecule has 2 nitrogen and oxygen atoms in total. The van der Waals surface area contributed by atoms with Gasteiger partial charge in [-0.15, -0.1) is 0 Å². The van der Waals surface area contributed by atoms with Crippen LogP contribution >= 0.6 is 11.8 Å². The summed E-state index contributed by atoms with van der Waals surface area (Å²) in [6, 6.07) is 20.5. The Labute approximate surface area is 131 Å². The Kier molecular flexibility index (Phi) is 6.89. The summed E-state index contributed by atoms with van der Waals surface area (Å²) < 4.78 is 0. The van der Waals surface area contributed by atoms with Crippen LogP contribution in [0, 0.1) is 0 Å². The highest BCUT2D eigenvalue weighted by molar-refractivity contribution is 7.98. The minimum absolute atomic E-state index is 0.138. The Morgan fingerprint density at radius 2 is 1.52 bits per heavy atom. The van der Waals surface area contributed by atoms with Crippen molar-refractivity contribution in [2.45, 2.75) is 18.6 Å². The van der Waals surface area contributed by atoms with E-state index < -0.39 is 0 Å². The molecule has 110 valence electrons. The van der Waals surface area contributed by atoms with Crippen LogP contribution in [-0.2, 0) is 17.0 Å². The molecule has 0 unspecified atom stereocenters. The van der Waals surface area contributed by atoms with E-state index in [-0.39, 0.29) is 5.91 Å². The van der Waals surface area contributed by atoms with Crippen molar-refractivity contribution in [1.82, 2.24) is 5.32 Å². The Morgan fingerprint density at radius 3 is 2.19 bits per heavy atom. The van der Waals surface area contributed by atoms with E-state index in [1.807, 2.05) is 36.0 Å². The maximum Gasteiger partial charge on any atom is 0.220 e. The molecular formula is C18H21NOS. The fourth-order valence-corrected chi connectivity index (χ4v) is 2.84. The zero-order valence-electron chi connectivity index (χ0n) is 12.1. The molecule has 2 aromatic rings. The maximum absolute atomic E-state index is 11.7. The molecule has 0 heterocycles. The number of aryl methyl sites for hydroxylation is 1. The van der Waals surface area contributed by atoms with E-state index >= 15 is 0 Å². The number of rotatable bonds is 8. The van der Waals surface area contributed by atoms with Crippen LogP contribution in [0.3, 0.4) is 0 Å². The number of thioether (sulfide) groups is 1. The second kappa shape index (κ2) is 9.24. The molecule has 2 rings (SSSR count). The van der Waals surface area contributed by atoms with Crippen molar-refractivity contribution in [1.29, 1.82) is 0 Å². The molecule has 3 heteroatoms. The average Bonchev–Trinajstić information content (AvgIpc) is 2.54. The van der Waals surface area contributed by atoms with Gasteiger partial charge in [0.25, 0.3) is 0 Å². The van der Waals surface area contributed by atoms with Gasteiger partial charge in [-0.2, -0.15) is 11.8 Å². The number of hydrogen-bond acceptors (Lipinski definition) is 2. The number of hydrogen-bond donors (Lipinski definition) is 1. The molecule has 0 aliphatic rings. The fraction of sp³-hybridized carbons (Fsp3) is 0.278. The van der Waals surface area contributed by atoms with Crippen LogP contribution in [0.4, 0.5) is 0 Å². The van der Waals surface area contributed by atoms with E-state index in [2.05, 4.69) is 41.7 Å². The van der Waals surface area contributed by atoms with Gasteiger partial charge >= 0.3 is 0 Å². The summed E-state index contributed by atoms with van der Waals surface area (Å²) in [5, 5.41) is 2.98. The van der Waals surface area contributed by atoms with Crippen molar-refractivity contribution in [2.24, 2.45) is 0 Å². The first kappa shape index (κ1) is 15.6. The normalized spacial score (nSPS) is 10.3. The topological polar surface area (TPSA) is 29.1 Å². The van der Waals surface area contributed by atoms with Crippen LogP contribution in [0.2, 0.25) is 0 Å². The summed E-state index contributed by atoms with van der Waals surface area (Å²) in [6.07, 6.45) is 1.37. The maximum atomic E-state index is 11.7. The van der Waals surface area contributed by atoms with Gasteiger partial charge in [-0.05, 0) is 17.5 Å². The summed E-state index contributed by atoms with van der Waals surface area (Å²) >= 11 is 1.85. The van der Waals surface area contributed by atoms with Gasteiger partial charge in [0.2, 0.25) is 5.91 Å². The van der Waals surface area contributed by atoms with E-state index in [9.17, 15) is 4.79 Å². The van der Waals surface area contributed by atoms with Gasteiger partial charge in [0, 0.05) is 24.5 Å². The lowest BCUT2D eigenvalue weighted by atomic mass is 10.1. The van der Waals surface area contributed by atoms with E-state index in [0.717, 1.165) is 24.5 Å². The number of amides is 1. The highest BCUT2D eigenvalue weighted by Gasteiger charge is 2.01. The molecule has 0 saturated carbocycles. The predicted octanol–water partition coefficient (Wildman–Crippen LogP) is 3.67. The SMILES string of the molecule is O=C(CCc1ccccc1)NCCSCc1ccccc1. The fourth-order valence-electron chi connectivity index (χ4n) is 2.02. The molecule has 0 atom stereocenters. The van der Waals surface area contributed by atoms with E-state index in [1.54, 1.807) is 0 Å². The smallest absolute Gasteiger partial charge is 0.220 e. The van der Waals surface area contributed by atoms with Gasteiger partial charge in [0.1, 0.15) is 0 Å². The van der Waals surface area contributed by atoms with E-state index in [1.165, 1.54) is 11.1 Å². The zero-order valence-corrected chi connectivity index (χ0v) is 12.9. The predicted molar refractivity (Wildman–Crippen MR) is 90.4 cm³/mol. The van der Waals surface area contributed by atoms with Crippen molar-refractivity contribution >= 4 is 17.7 Å². The quantitative estimate of drug-likeness (QED) is 0.754. The van der Waals surface area contributed by atoms with Gasteiger partial charge in [-0.1, -0.05) is 60.7 Å². The van der Waals surface area contributed by atoms with Gasteiger partial charge < -0.3 is 5.32 Å². The third-order valence-corrected chi connectivity index (χ3v) is 4.19. The summed E-state index contributed by atoms with van der Waals surface area (Å²) in [4.78, 5) is 11.7.